The van der Waals surface area contributed by atoms with Crippen LogP contribution in [-0.2, 0) is 17.3 Å². The fourth-order valence-electron chi connectivity index (χ4n) is 15.6. The maximum Gasteiger partial charge on any atom is 0.235 e. The van der Waals surface area contributed by atoms with Crippen molar-refractivity contribution in [2.24, 2.45) is 0 Å². The van der Waals surface area contributed by atoms with Gasteiger partial charge in [-0.05, 0) is 93.9 Å². The van der Waals surface area contributed by atoms with Gasteiger partial charge in [0.05, 0.1) is 49.5 Å². The smallest absolute Gasteiger partial charge is 0.235 e. The summed E-state index contributed by atoms with van der Waals surface area (Å²) in [4.78, 5) is 22.7. The molecule has 1 atom stereocenters. The Hall–Kier alpha value is -10.4. The Morgan fingerprint density at radius 3 is 1.77 bits per heavy atom. The molecule has 11 aromatic carbocycles. The van der Waals surface area contributed by atoms with Crippen LogP contribution in [-0.4, -0.2) is 29.1 Å². The van der Waals surface area contributed by atoms with E-state index in [0.717, 1.165) is 78.6 Å². The number of hydrogen-bond donors (Lipinski definition) is 0. The van der Waals surface area contributed by atoms with Crippen molar-refractivity contribution in [3.05, 3.63) is 277 Å². The molecular weight excluding hydrogens is 1110 g/mol. The van der Waals surface area contributed by atoms with Crippen molar-refractivity contribution in [2.75, 3.05) is 0 Å². The minimum absolute atomic E-state index is 0.271. The summed E-state index contributed by atoms with van der Waals surface area (Å²) in [6, 6.07) is 90.7. The van der Waals surface area contributed by atoms with E-state index in [4.69, 9.17) is 19.9 Å². The Balaban J connectivity index is 0.819. The van der Waals surface area contributed by atoms with E-state index in [9.17, 15) is 0 Å². The van der Waals surface area contributed by atoms with Gasteiger partial charge in [0.15, 0.2) is 0 Å². The average Bonchev–Trinajstić information content (AvgIpc) is 1.53. The summed E-state index contributed by atoms with van der Waals surface area (Å²) in [6.45, 7) is 7.25. The molecule has 0 amide bonds. The normalized spacial score (nSPS) is 14.9. The predicted octanol–water partition coefficient (Wildman–Crippen LogP) is 21.0. The summed E-state index contributed by atoms with van der Waals surface area (Å²) < 4.78 is 9.89. The molecular formula is C80H52N6S2. The zero-order valence-corrected chi connectivity index (χ0v) is 50.0. The number of thiophene rings is 2. The summed E-state index contributed by atoms with van der Waals surface area (Å²) in [6.07, 6.45) is 0.729. The molecule has 19 rings (SSSR count). The van der Waals surface area contributed by atoms with Gasteiger partial charge in [0.1, 0.15) is 0 Å². The highest BCUT2D eigenvalue weighted by molar-refractivity contribution is 7.27. The standard InChI is InChI=1S/C80H52N6S2/c1-79(2)59-32-15-10-28-53(59)74-70(79)68-63(41-42-66-67(68)56-31-14-19-36-65(56)87-66)85(74)77-81-61-34-17-12-30-55(61)72(84-77)50-26-20-21-46(43-50)45-80(3)60-33-16-11-29-54(60)73-69(80)57-39-38-52-51-27-13-18-35-64(51)88-76(52)75(57)86(73)78-82-62-40-37-49(47-22-6-4-7-23-47)44-58(62)71(83-78)48-24-8-5-9-25-48/h4-44H,45H2,1-3H3. The molecule has 2 aliphatic rings. The number of nitrogens with zero attached hydrogens (tertiary/aromatic N) is 6. The van der Waals surface area contributed by atoms with Crippen molar-refractivity contribution in [3.8, 4) is 68.1 Å². The van der Waals surface area contributed by atoms with Crippen molar-refractivity contribution in [1.82, 2.24) is 29.1 Å². The molecule has 0 saturated heterocycles. The number of para-hydroxylation sites is 1. The highest BCUT2D eigenvalue weighted by atomic mass is 32.1. The first-order valence-electron chi connectivity index (χ1n) is 30.2. The molecule has 6 nitrogen and oxygen atoms in total. The first-order chi connectivity index (χ1) is 43.3. The minimum Gasteiger partial charge on any atom is -0.278 e. The number of fused-ring (bicyclic) bond motifs is 20. The minimum atomic E-state index is -0.483. The second-order valence-electron chi connectivity index (χ2n) is 24.6. The number of aromatic nitrogens is 6. The van der Waals surface area contributed by atoms with Crippen molar-refractivity contribution < 1.29 is 0 Å². The van der Waals surface area contributed by atoms with Crippen LogP contribution < -0.4 is 0 Å². The topological polar surface area (TPSA) is 61.4 Å². The van der Waals surface area contributed by atoms with Gasteiger partial charge in [0.2, 0.25) is 11.9 Å². The van der Waals surface area contributed by atoms with Crippen LogP contribution in [0.5, 0.6) is 0 Å². The fourth-order valence-corrected chi connectivity index (χ4v) is 17.9. The van der Waals surface area contributed by atoms with Crippen molar-refractivity contribution in [1.29, 1.82) is 0 Å². The zero-order chi connectivity index (χ0) is 58.1. The molecule has 0 N–H and O–H groups in total. The fraction of sp³-hybridized carbons (Fsp3) is 0.0750. The third kappa shape index (κ3) is 6.92. The van der Waals surface area contributed by atoms with Gasteiger partial charge in [-0.25, -0.2) is 19.9 Å². The maximum absolute atomic E-state index is 5.79. The lowest BCUT2D eigenvalue weighted by Crippen LogP contribution is -2.24. The summed E-state index contributed by atoms with van der Waals surface area (Å²) in [7, 11) is 0. The van der Waals surface area contributed by atoms with Crippen molar-refractivity contribution in [3.63, 3.8) is 0 Å². The van der Waals surface area contributed by atoms with Crippen LogP contribution in [0.4, 0.5) is 0 Å². The Labute approximate surface area is 515 Å². The SMILES string of the molecule is CC1(C)c2ccccc2-c2c1c1c3c(ccc1n2-c1nc(-c2cccc(CC4(C)c5ccccc5-c5c4c4ccc6c7ccccc7sc6c4n5-c4nc(-c5ccccc5)c5cc(-c6ccccc6)ccc5n4)c2)c2ccccc2n1)sc1ccccc13. The van der Waals surface area contributed by atoms with Crippen LogP contribution in [0.1, 0.15) is 48.6 Å². The van der Waals surface area contributed by atoms with Crippen LogP contribution in [0.3, 0.4) is 0 Å². The highest BCUT2D eigenvalue weighted by Crippen LogP contribution is 2.59. The lowest BCUT2D eigenvalue weighted by Gasteiger charge is -2.28. The van der Waals surface area contributed by atoms with Gasteiger partial charge in [0, 0.05) is 90.3 Å². The van der Waals surface area contributed by atoms with Crippen molar-refractivity contribution in [2.45, 2.75) is 38.0 Å². The second-order valence-corrected chi connectivity index (χ2v) is 26.8. The Morgan fingerprint density at radius 2 is 0.977 bits per heavy atom. The lowest BCUT2D eigenvalue weighted by atomic mass is 9.74. The molecule has 6 heterocycles. The van der Waals surface area contributed by atoms with E-state index in [1.165, 1.54) is 95.8 Å². The number of hydrogen-bond acceptors (Lipinski definition) is 6. The summed E-state index contributed by atoms with van der Waals surface area (Å²) in [5.41, 5.74) is 20.7. The van der Waals surface area contributed by atoms with E-state index in [-0.39, 0.29) is 5.41 Å². The van der Waals surface area contributed by atoms with Gasteiger partial charge >= 0.3 is 0 Å². The molecule has 0 spiro atoms. The first-order valence-corrected chi connectivity index (χ1v) is 31.9. The monoisotopic (exact) mass is 1160 g/mol. The Bertz CT molecular complexity index is 5850. The highest BCUT2D eigenvalue weighted by Gasteiger charge is 2.46. The zero-order valence-electron chi connectivity index (χ0n) is 48.4. The summed E-state index contributed by atoms with van der Waals surface area (Å²) in [5, 5.41) is 9.61. The van der Waals surface area contributed by atoms with Gasteiger partial charge in [-0.2, -0.15) is 0 Å². The van der Waals surface area contributed by atoms with Gasteiger partial charge in [-0.3, -0.25) is 9.13 Å². The summed E-state index contributed by atoms with van der Waals surface area (Å²) in [5.74, 6) is 1.32. The van der Waals surface area contributed by atoms with E-state index < -0.39 is 5.41 Å². The molecule has 414 valence electrons. The third-order valence-electron chi connectivity index (χ3n) is 19.3. The number of benzene rings is 11. The van der Waals surface area contributed by atoms with Crippen LogP contribution in [0, 0.1) is 0 Å². The van der Waals surface area contributed by atoms with Gasteiger partial charge in [0.25, 0.3) is 0 Å². The lowest BCUT2D eigenvalue weighted by molar-refractivity contribution is 0.588. The molecule has 0 bridgehead atoms. The molecule has 88 heavy (non-hydrogen) atoms. The van der Waals surface area contributed by atoms with E-state index in [1.807, 2.05) is 22.7 Å². The van der Waals surface area contributed by atoms with Crippen LogP contribution >= 0.6 is 22.7 Å². The van der Waals surface area contributed by atoms with Crippen LogP contribution in [0.2, 0.25) is 0 Å². The van der Waals surface area contributed by atoms with E-state index in [0.29, 0.717) is 11.9 Å². The molecule has 8 heteroatoms. The van der Waals surface area contributed by atoms with E-state index in [1.54, 1.807) is 0 Å². The van der Waals surface area contributed by atoms with E-state index in [2.05, 4.69) is 279 Å². The molecule has 6 aromatic heterocycles. The first kappa shape index (κ1) is 49.8. The molecule has 0 aliphatic heterocycles. The summed E-state index contributed by atoms with van der Waals surface area (Å²) >= 11 is 3.73. The van der Waals surface area contributed by atoms with Crippen LogP contribution in [0.15, 0.2) is 249 Å². The average molecular weight is 1160 g/mol. The van der Waals surface area contributed by atoms with Crippen LogP contribution in [0.25, 0.3) is 152 Å². The molecule has 0 fully saturated rings. The Kier molecular flexibility index (Phi) is 10.4. The molecule has 17 aromatic rings. The molecule has 0 radical (unpaired) electrons. The van der Waals surface area contributed by atoms with Gasteiger partial charge in [-0.15, -0.1) is 22.7 Å². The van der Waals surface area contributed by atoms with E-state index >= 15 is 0 Å². The largest absolute Gasteiger partial charge is 0.278 e. The van der Waals surface area contributed by atoms with Crippen molar-refractivity contribution >= 4 is 107 Å². The molecule has 0 saturated carbocycles. The second kappa shape index (κ2) is 18.3. The number of rotatable bonds is 7. The Morgan fingerprint density at radius 1 is 0.375 bits per heavy atom. The molecule has 1 unspecified atom stereocenters. The van der Waals surface area contributed by atoms with Gasteiger partial charge in [-0.1, -0.05) is 221 Å². The van der Waals surface area contributed by atoms with Gasteiger partial charge < -0.3 is 0 Å². The quantitative estimate of drug-likeness (QED) is 0.160. The third-order valence-corrected chi connectivity index (χ3v) is 21.7. The maximum atomic E-state index is 5.79. The predicted molar refractivity (Wildman–Crippen MR) is 368 cm³/mol. The molecule has 2 aliphatic carbocycles.